The number of hydrogen-bond acceptors (Lipinski definition) is 3. The van der Waals surface area contributed by atoms with Crippen LogP contribution in [0.25, 0.3) is 0 Å². The normalized spacial score (nSPS) is 10.2. The smallest absolute Gasteiger partial charge is 0.253 e. The summed E-state index contributed by atoms with van der Waals surface area (Å²) in [5, 5.41) is 6.52. The zero-order chi connectivity index (χ0) is 17.7. The van der Waals surface area contributed by atoms with Gasteiger partial charge in [-0.2, -0.15) is 0 Å². The first-order valence-corrected chi connectivity index (χ1v) is 7.86. The molecule has 0 aromatic heterocycles. The van der Waals surface area contributed by atoms with Crippen LogP contribution in [-0.4, -0.2) is 37.4 Å². The third-order valence-electron chi connectivity index (χ3n) is 3.45. The number of amides is 2. The fourth-order valence-electron chi connectivity index (χ4n) is 2.16. The second-order valence-electron chi connectivity index (χ2n) is 5.64. The minimum absolute atomic E-state index is 0.0762. The number of anilines is 2. The van der Waals surface area contributed by atoms with Crippen LogP contribution in [0.3, 0.4) is 0 Å². The molecule has 0 aliphatic heterocycles. The zero-order valence-corrected chi connectivity index (χ0v) is 14.6. The van der Waals surface area contributed by atoms with E-state index in [9.17, 15) is 9.59 Å². The average molecular weight is 346 g/mol. The van der Waals surface area contributed by atoms with E-state index in [2.05, 4.69) is 10.6 Å². The molecule has 0 radical (unpaired) electrons. The van der Waals surface area contributed by atoms with Gasteiger partial charge in [0, 0.05) is 36.1 Å². The lowest BCUT2D eigenvalue weighted by Gasteiger charge is -2.12. The van der Waals surface area contributed by atoms with Crippen LogP contribution in [0.5, 0.6) is 0 Å². The summed E-state index contributed by atoms with van der Waals surface area (Å²) in [6.45, 7) is 2.06. The van der Waals surface area contributed by atoms with Crippen molar-refractivity contribution < 1.29 is 9.59 Å². The Morgan fingerprint density at radius 2 is 1.75 bits per heavy atom. The Bertz CT molecular complexity index is 742. The van der Waals surface area contributed by atoms with Gasteiger partial charge in [0.15, 0.2) is 0 Å². The van der Waals surface area contributed by atoms with Gasteiger partial charge < -0.3 is 15.5 Å². The molecular formula is C18H20ClN3O2. The third-order valence-corrected chi connectivity index (χ3v) is 3.68. The lowest BCUT2D eigenvalue weighted by atomic mass is 10.2. The molecule has 2 rings (SSSR count). The van der Waals surface area contributed by atoms with E-state index >= 15 is 0 Å². The summed E-state index contributed by atoms with van der Waals surface area (Å²) < 4.78 is 0. The van der Waals surface area contributed by atoms with Crippen molar-refractivity contribution in [3.63, 3.8) is 0 Å². The predicted molar refractivity (Wildman–Crippen MR) is 97.8 cm³/mol. The molecule has 2 aromatic rings. The molecule has 0 saturated carbocycles. The molecule has 2 amide bonds. The molecule has 0 bridgehead atoms. The number of nitrogens with zero attached hydrogens (tertiary/aromatic N) is 1. The minimum atomic E-state index is -0.170. The van der Waals surface area contributed by atoms with Crippen LogP contribution >= 0.6 is 11.6 Å². The topological polar surface area (TPSA) is 61.4 Å². The molecule has 6 heteroatoms. The maximum absolute atomic E-state index is 12.0. The van der Waals surface area contributed by atoms with Crippen molar-refractivity contribution in [2.75, 3.05) is 31.3 Å². The van der Waals surface area contributed by atoms with Gasteiger partial charge in [-0.15, -0.1) is 0 Å². The minimum Gasteiger partial charge on any atom is -0.376 e. The predicted octanol–water partition coefficient (Wildman–Crippen LogP) is 3.40. The van der Waals surface area contributed by atoms with Crippen molar-refractivity contribution in [3.8, 4) is 0 Å². The molecule has 2 aromatic carbocycles. The van der Waals surface area contributed by atoms with Gasteiger partial charge in [0.2, 0.25) is 5.91 Å². The number of halogens is 1. The highest BCUT2D eigenvalue weighted by Gasteiger charge is 2.08. The summed E-state index contributed by atoms with van der Waals surface area (Å²) in [5.41, 5.74) is 3.06. The molecule has 0 saturated heterocycles. The number of aryl methyl sites for hydroxylation is 1. The van der Waals surface area contributed by atoms with Gasteiger partial charge in [0.25, 0.3) is 5.91 Å². The molecule has 126 valence electrons. The molecule has 2 N–H and O–H groups in total. The summed E-state index contributed by atoms with van der Waals surface area (Å²) in [5.74, 6) is -0.246. The van der Waals surface area contributed by atoms with Gasteiger partial charge in [-0.1, -0.05) is 11.6 Å². The Morgan fingerprint density at radius 1 is 1.08 bits per heavy atom. The van der Waals surface area contributed by atoms with Gasteiger partial charge >= 0.3 is 0 Å². The van der Waals surface area contributed by atoms with Gasteiger partial charge in [-0.05, 0) is 55.0 Å². The lowest BCUT2D eigenvalue weighted by molar-refractivity contribution is -0.114. The molecule has 0 fully saturated rings. The Hall–Kier alpha value is -2.53. The number of hydrogen-bond donors (Lipinski definition) is 2. The summed E-state index contributed by atoms with van der Waals surface area (Å²) in [6.07, 6.45) is 0. The molecule has 0 aliphatic carbocycles. The standard InChI is InChI=1S/C18H20ClN3O2/c1-12-10-14(19)6-9-16(12)20-11-17(23)21-15-7-4-13(5-8-15)18(24)22(2)3/h4-10,20H,11H2,1-3H3,(H,21,23). The molecule has 0 heterocycles. The van der Waals surface area contributed by atoms with Crippen molar-refractivity contribution >= 4 is 34.8 Å². The molecule has 5 nitrogen and oxygen atoms in total. The molecule has 0 atom stereocenters. The van der Waals surface area contributed by atoms with Crippen LogP contribution in [0, 0.1) is 6.92 Å². The van der Waals surface area contributed by atoms with E-state index in [0.717, 1.165) is 11.3 Å². The van der Waals surface area contributed by atoms with E-state index in [4.69, 9.17) is 11.6 Å². The van der Waals surface area contributed by atoms with Crippen LogP contribution in [0.4, 0.5) is 11.4 Å². The average Bonchev–Trinajstić information content (AvgIpc) is 2.54. The largest absolute Gasteiger partial charge is 0.376 e. The summed E-state index contributed by atoms with van der Waals surface area (Å²) in [6, 6.07) is 12.2. The second-order valence-corrected chi connectivity index (χ2v) is 6.07. The molecule has 0 unspecified atom stereocenters. The summed E-state index contributed by atoms with van der Waals surface area (Å²) in [4.78, 5) is 25.3. The third kappa shape index (κ3) is 4.73. The Morgan fingerprint density at radius 3 is 2.33 bits per heavy atom. The summed E-state index contributed by atoms with van der Waals surface area (Å²) in [7, 11) is 3.39. The Labute approximate surface area is 146 Å². The van der Waals surface area contributed by atoms with E-state index < -0.39 is 0 Å². The van der Waals surface area contributed by atoms with E-state index in [-0.39, 0.29) is 18.4 Å². The van der Waals surface area contributed by atoms with E-state index in [1.807, 2.05) is 19.1 Å². The lowest BCUT2D eigenvalue weighted by Crippen LogP contribution is -2.23. The van der Waals surface area contributed by atoms with Crippen molar-refractivity contribution in [1.82, 2.24) is 4.90 Å². The van der Waals surface area contributed by atoms with Crippen LogP contribution < -0.4 is 10.6 Å². The second kappa shape index (κ2) is 7.84. The SMILES string of the molecule is Cc1cc(Cl)ccc1NCC(=O)Nc1ccc(C(=O)N(C)C)cc1. The quantitative estimate of drug-likeness (QED) is 0.873. The fraction of sp³-hybridized carbons (Fsp3) is 0.222. The molecule has 24 heavy (non-hydrogen) atoms. The monoisotopic (exact) mass is 345 g/mol. The Balaban J connectivity index is 1.91. The highest BCUT2D eigenvalue weighted by atomic mass is 35.5. The van der Waals surface area contributed by atoms with Gasteiger partial charge in [0.1, 0.15) is 0 Å². The number of benzene rings is 2. The highest BCUT2D eigenvalue weighted by Crippen LogP contribution is 2.19. The molecule has 0 spiro atoms. The first kappa shape index (κ1) is 17.8. The summed E-state index contributed by atoms with van der Waals surface area (Å²) >= 11 is 5.91. The first-order chi connectivity index (χ1) is 11.4. The van der Waals surface area contributed by atoms with Crippen LogP contribution in [0.2, 0.25) is 5.02 Å². The fourth-order valence-corrected chi connectivity index (χ4v) is 2.39. The van der Waals surface area contributed by atoms with Crippen LogP contribution in [-0.2, 0) is 4.79 Å². The molecule has 0 aliphatic rings. The van der Waals surface area contributed by atoms with E-state index in [0.29, 0.717) is 16.3 Å². The van der Waals surface area contributed by atoms with Crippen molar-refractivity contribution in [2.24, 2.45) is 0 Å². The maximum atomic E-state index is 12.0. The zero-order valence-electron chi connectivity index (χ0n) is 13.9. The van der Waals surface area contributed by atoms with Crippen molar-refractivity contribution in [1.29, 1.82) is 0 Å². The van der Waals surface area contributed by atoms with Gasteiger partial charge in [-0.25, -0.2) is 0 Å². The van der Waals surface area contributed by atoms with E-state index in [1.165, 1.54) is 4.90 Å². The van der Waals surface area contributed by atoms with Crippen LogP contribution in [0.1, 0.15) is 15.9 Å². The Kier molecular flexibility index (Phi) is 5.82. The number of rotatable bonds is 5. The van der Waals surface area contributed by atoms with Gasteiger partial charge in [-0.3, -0.25) is 9.59 Å². The number of nitrogens with one attached hydrogen (secondary N) is 2. The number of carbonyl (C=O) groups is 2. The maximum Gasteiger partial charge on any atom is 0.253 e. The first-order valence-electron chi connectivity index (χ1n) is 7.48. The molecular weight excluding hydrogens is 326 g/mol. The van der Waals surface area contributed by atoms with Crippen LogP contribution in [0.15, 0.2) is 42.5 Å². The number of carbonyl (C=O) groups excluding carboxylic acids is 2. The van der Waals surface area contributed by atoms with Gasteiger partial charge in [0.05, 0.1) is 6.54 Å². The highest BCUT2D eigenvalue weighted by molar-refractivity contribution is 6.30. The van der Waals surface area contributed by atoms with E-state index in [1.54, 1.807) is 44.4 Å². The van der Waals surface area contributed by atoms with Crippen molar-refractivity contribution in [2.45, 2.75) is 6.92 Å². The van der Waals surface area contributed by atoms with Crippen molar-refractivity contribution in [3.05, 3.63) is 58.6 Å².